The molecule has 0 aliphatic heterocycles. The van der Waals surface area contributed by atoms with E-state index in [-0.39, 0.29) is 0 Å². The summed E-state index contributed by atoms with van der Waals surface area (Å²) in [4.78, 5) is 4.12. The first-order valence-corrected chi connectivity index (χ1v) is 3.54. The van der Waals surface area contributed by atoms with Gasteiger partial charge in [0, 0.05) is 0 Å². The average Bonchev–Trinajstić information content (AvgIpc) is 2.33. The molecule has 0 aliphatic carbocycles. The van der Waals surface area contributed by atoms with Crippen molar-refractivity contribution in [2.75, 3.05) is 0 Å². The topological polar surface area (TPSA) is 12.9 Å². The summed E-state index contributed by atoms with van der Waals surface area (Å²) in [6.07, 6.45) is 0. The number of aromatic nitrogens is 1. The lowest BCUT2D eigenvalue weighted by Crippen LogP contribution is -1.61. The largest absolute Gasteiger partial charge is 0.245 e. The second kappa shape index (κ2) is 1.81. The van der Waals surface area contributed by atoms with Gasteiger partial charge in [-0.15, -0.1) is 11.3 Å². The molecule has 0 amide bonds. The molecule has 1 heterocycles. The van der Waals surface area contributed by atoms with Crippen molar-refractivity contribution in [2.45, 2.75) is 0 Å². The van der Waals surface area contributed by atoms with Crippen LogP contribution in [0.5, 0.6) is 0 Å². The fourth-order valence-corrected chi connectivity index (χ4v) is 1.41. The minimum absolute atomic E-state index is 1.07. The monoisotopic (exact) mass is 134 g/mol. The van der Waals surface area contributed by atoms with E-state index in [1.54, 1.807) is 11.3 Å². The maximum atomic E-state index is 4.12. The van der Waals surface area contributed by atoms with Crippen LogP contribution in [0, 0.1) is 6.07 Å². The summed E-state index contributed by atoms with van der Waals surface area (Å²) in [6, 6.07) is 8.78. The first-order chi connectivity index (χ1) is 4.47. The van der Waals surface area contributed by atoms with Crippen LogP contribution in [0.4, 0.5) is 0 Å². The highest BCUT2D eigenvalue weighted by Crippen LogP contribution is 2.15. The standard InChI is InChI=1S/C7H4NS/c1-2-4-7-6(3-1)8-5-9-7/h1,3-5H. The quantitative estimate of drug-likeness (QED) is 0.537. The van der Waals surface area contributed by atoms with Crippen molar-refractivity contribution in [3.05, 3.63) is 29.8 Å². The average molecular weight is 134 g/mol. The van der Waals surface area contributed by atoms with Crippen LogP contribution in [0.2, 0.25) is 0 Å². The van der Waals surface area contributed by atoms with Crippen LogP contribution >= 0.6 is 11.3 Å². The molecule has 43 valence electrons. The van der Waals surface area contributed by atoms with Crippen LogP contribution in [-0.4, -0.2) is 4.98 Å². The first kappa shape index (κ1) is 4.94. The van der Waals surface area contributed by atoms with Gasteiger partial charge in [-0.1, -0.05) is 6.07 Å². The Balaban J connectivity index is 2.95. The molecular weight excluding hydrogens is 130 g/mol. The molecule has 1 radical (unpaired) electrons. The van der Waals surface area contributed by atoms with Gasteiger partial charge in [0.25, 0.3) is 0 Å². The minimum Gasteiger partial charge on any atom is -0.245 e. The smallest absolute Gasteiger partial charge is 0.0812 e. The maximum absolute atomic E-state index is 4.12. The molecule has 2 rings (SSSR count). The zero-order valence-corrected chi connectivity index (χ0v) is 5.48. The molecule has 9 heavy (non-hydrogen) atoms. The van der Waals surface area contributed by atoms with Gasteiger partial charge in [0.2, 0.25) is 0 Å². The second-order valence-corrected chi connectivity index (χ2v) is 2.63. The van der Waals surface area contributed by atoms with Gasteiger partial charge in [-0.2, -0.15) is 0 Å². The van der Waals surface area contributed by atoms with E-state index in [1.165, 1.54) is 4.70 Å². The lowest BCUT2D eigenvalue weighted by atomic mass is 10.3. The van der Waals surface area contributed by atoms with Crippen LogP contribution in [0.15, 0.2) is 23.7 Å². The van der Waals surface area contributed by atoms with Crippen molar-refractivity contribution in [3.63, 3.8) is 0 Å². The van der Waals surface area contributed by atoms with Crippen LogP contribution in [0.3, 0.4) is 0 Å². The second-order valence-electron chi connectivity index (χ2n) is 1.75. The molecule has 0 unspecified atom stereocenters. The summed E-state index contributed by atoms with van der Waals surface area (Å²) >= 11 is 1.64. The van der Waals surface area contributed by atoms with Gasteiger partial charge in [-0.05, 0) is 18.2 Å². The van der Waals surface area contributed by atoms with Crippen LogP contribution in [0.1, 0.15) is 0 Å². The van der Waals surface area contributed by atoms with Crippen molar-refractivity contribution in [1.29, 1.82) is 0 Å². The van der Waals surface area contributed by atoms with Gasteiger partial charge in [0.1, 0.15) is 0 Å². The summed E-state index contributed by atoms with van der Waals surface area (Å²) in [5.74, 6) is 0. The fourth-order valence-electron chi connectivity index (χ4n) is 0.748. The zero-order chi connectivity index (χ0) is 6.10. The number of hydrogen-bond donors (Lipinski definition) is 0. The van der Waals surface area contributed by atoms with Gasteiger partial charge >= 0.3 is 0 Å². The summed E-state index contributed by atoms with van der Waals surface area (Å²) in [6.45, 7) is 0. The van der Waals surface area contributed by atoms with Gasteiger partial charge in [0.15, 0.2) is 0 Å². The van der Waals surface area contributed by atoms with Crippen molar-refractivity contribution >= 4 is 21.6 Å². The van der Waals surface area contributed by atoms with Crippen LogP contribution in [0.25, 0.3) is 10.2 Å². The zero-order valence-electron chi connectivity index (χ0n) is 4.66. The third-order valence-corrected chi connectivity index (χ3v) is 1.97. The van der Waals surface area contributed by atoms with E-state index >= 15 is 0 Å². The van der Waals surface area contributed by atoms with Gasteiger partial charge in [-0.25, -0.2) is 4.98 Å². The molecule has 0 aliphatic rings. The molecule has 0 N–H and O–H groups in total. The Labute approximate surface area is 57.0 Å². The van der Waals surface area contributed by atoms with Gasteiger partial charge in [0.05, 0.1) is 15.7 Å². The van der Waals surface area contributed by atoms with E-state index in [9.17, 15) is 0 Å². The third-order valence-electron chi connectivity index (χ3n) is 1.18. The highest BCUT2D eigenvalue weighted by atomic mass is 32.1. The van der Waals surface area contributed by atoms with Crippen molar-refractivity contribution in [1.82, 2.24) is 4.98 Å². The molecule has 0 fully saturated rings. The number of benzene rings is 1. The molecule has 0 saturated heterocycles. The van der Waals surface area contributed by atoms with Crippen molar-refractivity contribution in [2.24, 2.45) is 0 Å². The van der Waals surface area contributed by atoms with Crippen molar-refractivity contribution in [3.8, 4) is 0 Å². The SMILES string of the molecule is [c]1ccc2ncsc2c1. The highest BCUT2D eigenvalue weighted by molar-refractivity contribution is 7.16. The third kappa shape index (κ3) is 0.715. The highest BCUT2D eigenvalue weighted by Gasteiger charge is 1.89. The Morgan fingerprint density at radius 1 is 1.56 bits per heavy atom. The van der Waals surface area contributed by atoms with E-state index in [4.69, 9.17) is 0 Å². The summed E-state index contributed by atoms with van der Waals surface area (Å²) in [5, 5.41) is 0. The van der Waals surface area contributed by atoms with Gasteiger partial charge < -0.3 is 0 Å². The molecule has 2 aromatic rings. The van der Waals surface area contributed by atoms with Gasteiger partial charge in [-0.3, -0.25) is 0 Å². The van der Waals surface area contributed by atoms with E-state index in [0.29, 0.717) is 0 Å². The molecule has 1 nitrogen and oxygen atoms in total. The summed E-state index contributed by atoms with van der Waals surface area (Å²) in [7, 11) is 0. The number of hydrogen-bond acceptors (Lipinski definition) is 2. The molecular formula is C7H4NS. The Morgan fingerprint density at radius 3 is 3.44 bits per heavy atom. The predicted molar refractivity (Wildman–Crippen MR) is 38.5 cm³/mol. The van der Waals surface area contributed by atoms with E-state index in [0.717, 1.165) is 5.52 Å². The molecule has 1 aromatic carbocycles. The normalized spacial score (nSPS) is 10.2. The maximum Gasteiger partial charge on any atom is 0.0812 e. The molecule has 0 atom stereocenters. The Bertz CT molecular complexity index is 283. The van der Waals surface area contributed by atoms with E-state index < -0.39 is 0 Å². The fraction of sp³-hybridized carbons (Fsp3) is 0. The molecule has 0 saturated carbocycles. The predicted octanol–water partition coefficient (Wildman–Crippen LogP) is 2.10. The summed E-state index contributed by atoms with van der Waals surface area (Å²) < 4.78 is 1.21. The number of thiazole rings is 1. The summed E-state index contributed by atoms with van der Waals surface area (Å²) in [5.41, 5.74) is 2.91. The molecule has 1 aromatic heterocycles. The van der Waals surface area contributed by atoms with E-state index in [1.807, 2.05) is 23.7 Å². The van der Waals surface area contributed by atoms with E-state index in [2.05, 4.69) is 11.1 Å². The Kier molecular flexibility index (Phi) is 0.993. The van der Waals surface area contributed by atoms with Crippen molar-refractivity contribution < 1.29 is 0 Å². The first-order valence-electron chi connectivity index (χ1n) is 2.66. The molecule has 2 heteroatoms. The molecule has 0 spiro atoms. The Hall–Kier alpha value is -0.890. The number of fused-ring (bicyclic) bond motifs is 1. The number of nitrogens with zero attached hydrogens (tertiary/aromatic N) is 1. The minimum atomic E-state index is 1.07. The Morgan fingerprint density at radius 2 is 2.56 bits per heavy atom. The lowest BCUT2D eigenvalue weighted by molar-refractivity contribution is 1.50. The van der Waals surface area contributed by atoms with Crippen LogP contribution in [-0.2, 0) is 0 Å². The van der Waals surface area contributed by atoms with Crippen LogP contribution < -0.4 is 0 Å². The lowest BCUT2D eigenvalue weighted by Gasteiger charge is -1.79. The molecule has 0 bridgehead atoms. The number of rotatable bonds is 0.